The van der Waals surface area contributed by atoms with Gasteiger partial charge in [-0.25, -0.2) is 8.42 Å². The van der Waals surface area contributed by atoms with E-state index >= 15 is 0 Å². The number of amides is 1. The average molecular weight is 607 g/mol. The molecule has 1 aliphatic heterocycles. The van der Waals surface area contributed by atoms with Gasteiger partial charge in [-0.1, -0.05) is 12.1 Å². The molecule has 40 heavy (non-hydrogen) atoms. The van der Waals surface area contributed by atoms with Crippen molar-refractivity contribution in [3.63, 3.8) is 0 Å². The number of halogens is 4. The third kappa shape index (κ3) is 5.40. The van der Waals surface area contributed by atoms with Crippen LogP contribution in [0.3, 0.4) is 0 Å². The van der Waals surface area contributed by atoms with Crippen LogP contribution in [0.4, 0.5) is 18.9 Å². The van der Waals surface area contributed by atoms with Gasteiger partial charge in [-0.15, -0.1) is 22.9 Å². The van der Waals surface area contributed by atoms with Gasteiger partial charge in [0.25, 0.3) is 0 Å². The van der Waals surface area contributed by atoms with Gasteiger partial charge in [-0.2, -0.15) is 18.4 Å². The fourth-order valence-corrected chi connectivity index (χ4v) is 8.15. The molecule has 2 heterocycles. The average Bonchev–Trinajstić information content (AvgIpc) is 3.65. The highest BCUT2D eigenvalue weighted by atomic mass is 35.5. The van der Waals surface area contributed by atoms with E-state index in [1.54, 1.807) is 17.5 Å². The summed E-state index contributed by atoms with van der Waals surface area (Å²) in [4.78, 5) is 28.4. The largest absolute Gasteiger partial charge is 0.416 e. The zero-order chi connectivity index (χ0) is 28.8. The second kappa shape index (κ2) is 10.7. The molecule has 1 fully saturated rings. The quantitative estimate of drug-likeness (QED) is 0.266. The Kier molecular flexibility index (Phi) is 7.54. The minimum Gasteiger partial charge on any atom is -0.307 e. The van der Waals surface area contributed by atoms with Crippen molar-refractivity contribution in [3.05, 3.63) is 75.7 Å². The van der Waals surface area contributed by atoms with Gasteiger partial charge < -0.3 is 4.90 Å². The lowest BCUT2D eigenvalue weighted by molar-refractivity contribution is -0.137. The van der Waals surface area contributed by atoms with Gasteiger partial charge in [-0.05, 0) is 71.7 Å². The number of thiophene rings is 1. The number of rotatable bonds is 6. The van der Waals surface area contributed by atoms with E-state index in [0.29, 0.717) is 29.0 Å². The lowest BCUT2D eigenvalue weighted by Crippen LogP contribution is -2.42. The molecule has 1 aliphatic carbocycles. The molecule has 2 aromatic carbocycles. The zero-order valence-corrected chi connectivity index (χ0v) is 23.3. The standard InChI is InChI=1S/C28H22ClF3N2O4S2/c29-13-25(35)34(21-5-7-40(37,38)15-21)24-12-19(10-18-8-16(14-33)9-23(18)24)27-22(4-6-39-27)26(36)17-2-1-3-20(11-17)28(30,31)32/h1-4,6,10-12,16,21H,5,7-9,13,15H2/t16-,21-/m0/s1. The van der Waals surface area contributed by atoms with Crippen molar-refractivity contribution in [2.75, 3.05) is 22.3 Å². The SMILES string of the molecule is N#C[C@H]1Cc2cc(-c3sccc3C(=O)c3cccc(C(F)(F)F)c3)cc(N(C(=O)CCl)[C@H]3CCS(=O)(=O)C3)c2C1. The molecule has 3 aromatic rings. The Bertz CT molecular complexity index is 1660. The number of benzene rings is 2. The first-order valence-electron chi connectivity index (χ1n) is 12.4. The highest BCUT2D eigenvalue weighted by Crippen LogP contribution is 2.42. The summed E-state index contributed by atoms with van der Waals surface area (Å²) in [5.41, 5.74) is 1.69. The summed E-state index contributed by atoms with van der Waals surface area (Å²) in [6.45, 7) is 0. The molecule has 0 spiro atoms. The second-order valence-corrected chi connectivity index (χ2v) is 13.3. The number of sulfone groups is 1. The first kappa shape index (κ1) is 28.3. The lowest BCUT2D eigenvalue weighted by Gasteiger charge is -2.30. The van der Waals surface area contributed by atoms with Crippen LogP contribution in [-0.4, -0.2) is 43.5 Å². The van der Waals surface area contributed by atoms with Gasteiger partial charge in [0.1, 0.15) is 5.88 Å². The Labute approximate surface area is 237 Å². The lowest BCUT2D eigenvalue weighted by atomic mass is 9.96. The summed E-state index contributed by atoms with van der Waals surface area (Å²) >= 11 is 7.18. The molecule has 1 saturated heterocycles. The molecule has 12 heteroatoms. The van der Waals surface area contributed by atoms with Gasteiger partial charge in [0, 0.05) is 21.7 Å². The van der Waals surface area contributed by atoms with E-state index < -0.39 is 39.3 Å². The van der Waals surface area contributed by atoms with Gasteiger partial charge in [0.05, 0.1) is 35.1 Å². The Morgan fingerprint density at radius 1 is 1.15 bits per heavy atom. The van der Waals surface area contributed by atoms with Crippen molar-refractivity contribution >= 4 is 50.2 Å². The van der Waals surface area contributed by atoms with E-state index in [1.165, 1.54) is 28.4 Å². The summed E-state index contributed by atoms with van der Waals surface area (Å²) in [7, 11) is -3.35. The van der Waals surface area contributed by atoms with Crippen molar-refractivity contribution in [3.8, 4) is 16.5 Å². The van der Waals surface area contributed by atoms with E-state index in [1.807, 2.05) is 6.07 Å². The van der Waals surface area contributed by atoms with Crippen molar-refractivity contribution in [2.45, 2.75) is 31.5 Å². The Balaban J connectivity index is 1.63. The molecule has 0 radical (unpaired) electrons. The van der Waals surface area contributed by atoms with Crippen LogP contribution in [0.15, 0.2) is 47.8 Å². The van der Waals surface area contributed by atoms with E-state index in [4.69, 9.17) is 11.6 Å². The normalized spacial score (nSPS) is 19.7. The number of carbonyl (C=O) groups is 2. The summed E-state index contributed by atoms with van der Waals surface area (Å²) in [6.07, 6.45) is -3.59. The monoisotopic (exact) mass is 606 g/mol. The van der Waals surface area contributed by atoms with Crippen LogP contribution < -0.4 is 4.90 Å². The van der Waals surface area contributed by atoms with Gasteiger partial charge in [-0.3, -0.25) is 9.59 Å². The molecule has 1 amide bonds. The van der Waals surface area contributed by atoms with Gasteiger partial charge >= 0.3 is 6.18 Å². The van der Waals surface area contributed by atoms with E-state index in [9.17, 15) is 36.4 Å². The smallest absolute Gasteiger partial charge is 0.307 e. The molecule has 6 nitrogen and oxygen atoms in total. The fraction of sp³-hybridized carbons (Fsp3) is 0.321. The Morgan fingerprint density at radius 3 is 2.58 bits per heavy atom. The molecule has 0 N–H and O–H groups in total. The maximum Gasteiger partial charge on any atom is 0.416 e. The van der Waals surface area contributed by atoms with Crippen molar-refractivity contribution < 1.29 is 31.2 Å². The van der Waals surface area contributed by atoms with E-state index in [2.05, 4.69) is 6.07 Å². The Hall–Kier alpha value is -3.20. The molecular weight excluding hydrogens is 585 g/mol. The van der Waals surface area contributed by atoms with Crippen molar-refractivity contribution in [1.82, 2.24) is 0 Å². The molecule has 5 rings (SSSR count). The number of nitrogens with zero attached hydrogens (tertiary/aromatic N) is 2. The van der Waals surface area contributed by atoms with Crippen LogP contribution in [0.1, 0.15) is 39.0 Å². The number of hydrogen-bond acceptors (Lipinski definition) is 6. The summed E-state index contributed by atoms with van der Waals surface area (Å²) in [5, 5.41) is 11.3. The maximum atomic E-state index is 13.4. The predicted molar refractivity (Wildman–Crippen MR) is 146 cm³/mol. The number of fused-ring (bicyclic) bond motifs is 1. The van der Waals surface area contributed by atoms with Crippen LogP contribution in [-0.2, 0) is 33.6 Å². The number of anilines is 1. The van der Waals surface area contributed by atoms with Crippen LogP contribution in [0.5, 0.6) is 0 Å². The number of ketones is 1. The van der Waals surface area contributed by atoms with Crippen molar-refractivity contribution in [1.29, 1.82) is 5.26 Å². The molecule has 2 aliphatic rings. The summed E-state index contributed by atoms with van der Waals surface area (Å²) in [6, 6.07) is 10.9. The first-order valence-corrected chi connectivity index (χ1v) is 15.6. The highest BCUT2D eigenvalue weighted by molar-refractivity contribution is 7.91. The first-order chi connectivity index (χ1) is 18.9. The van der Waals surface area contributed by atoms with Crippen LogP contribution in [0.25, 0.3) is 10.4 Å². The number of nitriles is 1. The number of hydrogen-bond donors (Lipinski definition) is 0. The van der Waals surface area contributed by atoms with Crippen LogP contribution >= 0.6 is 22.9 Å². The van der Waals surface area contributed by atoms with E-state index in [-0.39, 0.29) is 40.9 Å². The Morgan fingerprint density at radius 2 is 1.93 bits per heavy atom. The number of carbonyl (C=O) groups excluding carboxylic acids is 2. The minimum atomic E-state index is -4.61. The zero-order valence-electron chi connectivity index (χ0n) is 20.9. The molecule has 0 unspecified atom stereocenters. The van der Waals surface area contributed by atoms with Gasteiger partial charge in [0.2, 0.25) is 5.91 Å². The molecule has 1 aromatic heterocycles. The van der Waals surface area contributed by atoms with Crippen molar-refractivity contribution in [2.24, 2.45) is 5.92 Å². The molecule has 2 atom stereocenters. The van der Waals surface area contributed by atoms with Crippen LogP contribution in [0.2, 0.25) is 0 Å². The molecule has 0 bridgehead atoms. The highest BCUT2D eigenvalue weighted by Gasteiger charge is 2.38. The third-order valence-corrected chi connectivity index (χ3v) is 10.2. The van der Waals surface area contributed by atoms with Gasteiger partial charge in [0.15, 0.2) is 15.6 Å². The maximum absolute atomic E-state index is 13.4. The fourth-order valence-electron chi connectivity index (χ4n) is 5.44. The van der Waals surface area contributed by atoms with E-state index in [0.717, 1.165) is 23.3 Å². The molecule has 0 saturated carbocycles. The summed E-state index contributed by atoms with van der Waals surface area (Å²) in [5.74, 6) is -2.07. The second-order valence-electron chi connectivity index (χ2n) is 9.89. The number of alkyl halides is 4. The van der Waals surface area contributed by atoms with Crippen LogP contribution in [0, 0.1) is 17.2 Å². The predicted octanol–water partition coefficient (Wildman–Crippen LogP) is 5.66. The molecular formula is C28H22ClF3N2O4S2. The topological polar surface area (TPSA) is 95.3 Å². The third-order valence-electron chi connectivity index (χ3n) is 7.26. The molecule has 208 valence electrons. The minimum absolute atomic E-state index is 0.0625. The summed E-state index contributed by atoms with van der Waals surface area (Å²) < 4.78 is 64.4.